The summed E-state index contributed by atoms with van der Waals surface area (Å²) in [5, 5.41) is 0. The fourth-order valence-electron chi connectivity index (χ4n) is 1.93. The fraction of sp³-hybridized carbons (Fsp3) is 0.400. The molecular weight excluding hydrogens is 300 g/mol. The van der Waals surface area contributed by atoms with Gasteiger partial charge in [0, 0.05) is 28.9 Å². The number of nitrogens with zero attached hydrogens (tertiary/aromatic N) is 2. The van der Waals surface area contributed by atoms with Crippen LogP contribution in [-0.4, -0.2) is 21.5 Å². The number of rotatable bonds is 3. The summed E-state index contributed by atoms with van der Waals surface area (Å²) >= 11 is 0. The van der Waals surface area contributed by atoms with Crippen LogP contribution in [-0.2, 0) is 0 Å². The van der Waals surface area contributed by atoms with Crippen LogP contribution in [0.4, 0.5) is 0 Å². The van der Waals surface area contributed by atoms with Gasteiger partial charge in [0.15, 0.2) is 11.6 Å². The lowest BCUT2D eigenvalue weighted by molar-refractivity contribution is 0.0858. The molecule has 4 heteroatoms. The van der Waals surface area contributed by atoms with Crippen molar-refractivity contribution >= 4 is 11.6 Å². The second-order valence-electron chi connectivity index (χ2n) is 6.70. The Balaban J connectivity index is 0.000000891. The van der Waals surface area contributed by atoms with E-state index in [-0.39, 0.29) is 11.6 Å². The van der Waals surface area contributed by atoms with Gasteiger partial charge in [-0.1, -0.05) is 41.0 Å². The minimum Gasteiger partial charge on any atom is -0.295 e. The second-order valence-corrected chi connectivity index (χ2v) is 6.70. The maximum Gasteiger partial charge on any atom is 0.168 e. The number of carbonyl (C=O) groups excluding carboxylic acids is 2. The smallest absolute Gasteiger partial charge is 0.168 e. The van der Waals surface area contributed by atoms with E-state index in [2.05, 4.69) is 23.8 Å². The van der Waals surface area contributed by atoms with Gasteiger partial charge in [-0.25, -0.2) is 0 Å². The third-order valence-electron chi connectivity index (χ3n) is 3.13. The molecule has 0 aliphatic rings. The summed E-state index contributed by atoms with van der Waals surface area (Å²) in [4.78, 5) is 32.2. The van der Waals surface area contributed by atoms with E-state index in [0.717, 1.165) is 0 Å². The zero-order valence-corrected chi connectivity index (χ0v) is 15.4. The van der Waals surface area contributed by atoms with Gasteiger partial charge < -0.3 is 0 Å². The number of carbonyl (C=O) groups is 2. The molecule has 4 nitrogen and oxygen atoms in total. The maximum atomic E-state index is 12.3. The highest BCUT2D eigenvalue weighted by molar-refractivity contribution is 6.00. The second kappa shape index (κ2) is 8.48. The Hall–Kier alpha value is -2.36. The predicted octanol–water partition coefficient (Wildman–Crippen LogP) is 4.99. The first-order valence-electron chi connectivity index (χ1n) is 8.18. The van der Waals surface area contributed by atoms with Gasteiger partial charge in [-0.05, 0) is 31.2 Å². The summed E-state index contributed by atoms with van der Waals surface area (Å²) in [6.07, 6.45) is 4.42. The highest BCUT2D eigenvalue weighted by Gasteiger charge is 2.23. The molecule has 128 valence electrons. The lowest BCUT2D eigenvalue weighted by Gasteiger charge is -2.16. The van der Waals surface area contributed by atoms with Crippen LogP contribution < -0.4 is 0 Å². The van der Waals surface area contributed by atoms with Crippen LogP contribution >= 0.6 is 0 Å². The number of Topliss-reactive ketones (excluding diaryl/α,β-unsaturated/α-hetero) is 2. The zero-order chi connectivity index (χ0) is 18.3. The van der Waals surface area contributed by atoms with E-state index in [1.54, 1.807) is 36.7 Å². The Kier molecular flexibility index (Phi) is 6.96. The summed E-state index contributed by atoms with van der Waals surface area (Å²) in [7, 11) is 0. The molecule has 0 unspecified atom stereocenters. The third kappa shape index (κ3) is 5.37. The molecule has 0 bridgehead atoms. The van der Waals surface area contributed by atoms with Gasteiger partial charge in [0.05, 0.1) is 11.4 Å². The molecule has 0 radical (unpaired) electrons. The van der Waals surface area contributed by atoms with Crippen molar-refractivity contribution in [1.29, 1.82) is 0 Å². The first kappa shape index (κ1) is 19.7. The van der Waals surface area contributed by atoms with Gasteiger partial charge in [0.2, 0.25) is 0 Å². The Morgan fingerprint density at radius 2 is 1.33 bits per heavy atom. The van der Waals surface area contributed by atoms with Crippen molar-refractivity contribution in [2.75, 3.05) is 0 Å². The van der Waals surface area contributed by atoms with E-state index >= 15 is 0 Å². The van der Waals surface area contributed by atoms with E-state index in [0.29, 0.717) is 22.5 Å². The van der Waals surface area contributed by atoms with Crippen LogP contribution in [0.3, 0.4) is 0 Å². The van der Waals surface area contributed by atoms with Gasteiger partial charge in [-0.3, -0.25) is 19.6 Å². The van der Waals surface area contributed by atoms with Gasteiger partial charge >= 0.3 is 0 Å². The molecule has 2 aromatic heterocycles. The standard InChI is InChI=1S/C17H18N2O2.C3H8/c1-11(20)12-5-7-18-14(9-12)15-10-13(6-8-19-15)16(21)17(2,3)4;1-3-2/h5-10H,1-4H3;3H2,1-2H3. The number of aromatic nitrogens is 2. The van der Waals surface area contributed by atoms with E-state index in [9.17, 15) is 9.59 Å². The molecule has 2 aromatic rings. The SMILES string of the molecule is CC(=O)c1ccnc(-c2cc(C(=O)C(C)(C)C)ccn2)c1.CCC. The molecule has 0 spiro atoms. The molecule has 0 amide bonds. The van der Waals surface area contributed by atoms with Crippen molar-refractivity contribution in [2.24, 2.45) is 5.41 Å². The van der Waals surface area contributed by atoms with Crippen molar-refractivity contribution < 1.29 is 9.59 Å². The Labute approximate surface area is 144 Å². The van der Waals surface area contributed by atoms with Gasteiger partial charge in [-0.2, -0.15) is 0 Å². The van der Waals surface area contributed by atoms with E-state index in [4.69, 9.17) is 0 Å². The number of hydrogen-bond donors (Lipinski definition) is 0. The van der Waals surface area contributed by atoms with Crippen molar-refractivity contribution in [2.45, 2.75) is 48.0 Å². The minimum absolute atomic E-state index is 0.0272. The van der Waals surface area contributed by atoms with Crippen LogP contribution in [0.2, 0.25) is 0 Å². The lowest BCUT2D eigenvalue weighted by Crippen LogP contribution is -2.20. The Morgan fingerprint density at radius 1 is 0.917 bits per heavy atom. The highest BCUT2D eigenvalue weighted by Crippen LogP contribution is 2.23. The fourth-order valence-corrected chi connectivity index (χ4v) is 1.93. The summed E-state index contributed by atoms with van der Waals surface area (Å²) in [6.45, 7) is 11.4. The van der Waals surface area contributed by atoms with E-state index < -0.39 is 5.41 Å². The molecule has 0 aliphatic heterocycles. The molecule has 0 N–H and O–H groups in total. The first-order valence-corrected chi connectivity index (χ1v) is 8.18. The number of ketones is 2. The molecule has 0 aliphatic carbocycles. The highest BCUT2D eigenvalue weighted by atomic mass is 16.1. The molecular formula is C20H26N2O2. The molecule has 0 saturated heterocycles. The summed E-state index contributed by atoms with van der Waals surface area (Å²) < 4.78 is 0. The quantitative estimate of drug-likeness (QED) is 0.745. The topological polar surface area (TPSA) is 59.9 Å². The van der Waals surface area contributed by atoms with Crippen LogP contribution in [0.25, 0.3) is 11.4 Å². The van der Waals surface area contributed by atoms with Crippen molar-refractivity contribution in [1.82, 2.24) is 9.97 Å². The Bertz CT molecular complexity index is 716. The first-order chi connectivity index (χ1) is 11.2. The van der Waals surface area contributed by atoms with Gasteiger partial charge in [-0.15, -0.1) is 0 Å². The lowest BCUT2D eigenvalue weighted by atomic mass is 9.86. The van der Waals surface area contributed by atoms with E-state index in [1.165, 1.54) is 13.3 Å². The predicted molar refractivity (Wildman–Crippen MR) is 97.2 cm³/mol. The maximum absolute atomic E-state index is 12.3. The molecule has 2 heterocycles. The van der Waals surface area contributed by atoms with Crippen molar-refractivity contribution in [3.63, 3.8) is 0 Å². The zero-order valence-electron chi connectivity index (χ0n) is 15.4. The molecule has 0 fully saturated rings. The number of pyridine rings is 2. The van der Waals surface area contributed by atoms with Gasteiger partial charge in [0.25, 0.3) is 0 Å². The Morgan fingerprint density at radius 3 is 1.75 bits per heavy atom. The number of hydrogen-bond acceptors (Lipinski definition) is 4. The molecule has 24 heavy (non-hydrogen) atoms. The van der Waals surface area contributed by atoms with Crippen LogP contribution in [0.1, 0.15) is 68.7 Å². The average molecular weight is 326 g/mol. The summed E-state index contributed by atoms with van der Waals surface area (Å²) in [6, 6.07) is 6.78. The third-order valence-corrected chi connectivity index (χ3v) is 3.13. The summed E-state index contributed by atoms with van der Waals surface area (Å²) in [5.41, 5.74) is 1.91. The molecule has 0 saturated carbocycles. The largest absolute Gasteiger partial charge is 0.295 e. The van der Waals surface area contributed by atoms with Crippen LogP contribution in [0.5, 0.6) is 0 Å². The monoisotopic (exact) mass is 326 g/mol. The van der Waals surface area contributed by atoms with Crippen molar-refractivity contribution in [3.05, 3.63) is 47.8 Å². The molecule has 0 atom stereocenters. The molecule has 2 rings (SSSR count). The van der Waals surface area contributed by atoms with Crippen LogP contribution in [0.15, 0.2) is 36.7 Å². The molecule has 0 aromatic carbocycles. The van der Waals surface area contributed by atoms with E-state index in [1.807, 2.05) is 20.8 Å². The summed E-state index contributed by atoms with van der Waals surface area (Å²) in [5.74, 6) is 0.0226. The normalized spacial score (nSPS) is 10.6. The van der Waals surface area contributed by atoms with Gasteiger partial charge in [0.1, 0.15) is 0 Å². The minimum atomic E-state index is -0.451. The van der Waals surface area contributed by atoms with Crippen LogP contribution in [0, 0.1) is 5.41 Å². The van der Waals surface area contributed by atoms with Crippen molar-refractivity contribution in [3.8, 4) is 11.4 Å². The average Bonchev–Trinajstić information content (AvgIpc) is 2.54.